The van der Waals surface area contributed by atoms with E-state index in [4.69, 9.17) is 0 Å². The molecule has 0 spiro atoms. The molecule has 0 N–H and O–H groups in total. The number of carbonyl (C=O) groups excluding carboxylic acids is 1. The lowest BCUT2D eigenvalue weighted by Gasteiger charge is -2.28. The van der Waals surface area contributed by atoms with E-state index >= 15 is 0 Å². The molecule has 1 aliphatic rings. The number of halogens is 1. The standard InChI is InChI=1S/C20H29FO/c1-2-3-4-5-6-7-20(22)18-10-8-16(9-11-18)17-12-14-19(21)15-13-17/h12-16,18H,2-11H2,1H3/t16-,18-. The van der Waals surface area contributed by atoms with E-state index in [0.29, 0.717) is 11.7 Å². The number of unbranched alkanes of at least 4 members (excludes halogenated alkanes) is 4. The van der Waals surface area contributed by atoms with E-state index in [2.05, 4.69) is 6.92 Å². The second-order valence-corrected chi connectivity index (χ2v) is 6.73. The summed E-state index contributed by atoms with van der Waals surface area (Å²) in [5, 5.41) is 0. The molecule has 0 aliphatic heterocycles. The lowest BCUT2D eigenvalue weighted by atomic mass is 9.76. The van der Waals surface area contributed by atoms with Crippen LogP contribution in [0.3, 0.4) is 0 Å². The summed E-state index contributed by atoms with van der Waals surface area (Å²) in [4.78, 5) is 12.3. The molecule has 0 aromatic heterocycles. The Bertz CT molecular complexity index is 443. The molecule has 2 heteroatoms. The third-order valence-electron chi connectivity index (χ3n) is 5.05. The van der Waals surface area contributed by atoms with Crippen molar-refractivity contribution in [1.29, 1.82) is 0 Å². The van der Waals surface area contributed by atoms with Gasteiger partial charge in [0.25, 0.3) is 0 Å². The number of ketones is 1. The van der Waals surface area contributed by atoms with Crippen LogP contribution in [0.4, 0.5) is 4.39 Å². The highest BCUT2D eigenvalue weighted by atomic mass is 19.1. The van der Waals surface area contributed by atoms with E-state index in [0.717, 1.165) is 38.5 Å². The van der Waals surface area contributed by atoms with Crippen molar-refractivity contribution < 1.29 is 9.18 Å². The third-order valence-corrected chi connectivity index (χ3v) is 5.05. The molecule has 1 saturated carbocycles. The smallest absolute Gasteiger partial charge is 0.135 e. The fraction of sp³-hybridized carbons (Fsp3) is 0.650. The van der Waals surface area contributed by atoms with Gasteiger partial charge in [-0.1, -0.05) is 44.7 Å². The summed E-state index contributed by atoms with van der Waals surface area (Å²) in [6.07, 6.45) is 11.0. The molecule has 0 saturated heterocycles. The van der Waals surface area contributed by atoms with E-state index < -0.39 is 0 Å². The fourth-order valence-corrected chi connectivity index (χ4v) is 3.59. The molecule has 0 bridgehead atoms. The number of rotatable bonds is 8. The Morgan fingerprint density at radius 2 is 1.64 bits per heavy atom. The first kappa shape index (κ1) is 17.2. The zero-order valence-electron chi connectivity index (χ0n) is 13.8. The number of hydrogen-bond acceptors (Lipinski definition) is 1. The van der Waals surface area contributed by atoms with Crippen LogP contribution in [0.5, 0.6) is 0 Å². The molecule has 1 fully saturated rings. The second-order valence-electron chi connectivity index (χ2n) is 6.73. The van der Waals surface area contributed by atoms with Crippen LogP contribution in [-0.4, -0.2) is 5.78 Å². The Morgan fingerprint density at radius 3 is 2.27 bits per heavy atom. The van der Waals surface area contributed by atoms with E-state index in [-0.39, 0.29) is 11.7 Å². The van der Waals surface area contributed by atoms with Gasteiger partial charge in [-0.05, 0) is 55.7 Å². The largest absolute Gasteiger partial charge is 0.299 e. The van der Waals surface area contributed by atoms with Gasteiger partial charge >= 0.3 is 0 Å². The summed E-state index contributed by atoms with van der Waals surface area (Å²) in [5.41, 5.74) is 1.23. The lowest BCUT2D eigenvalue weighted by Crippen LogP contribution is -2.21. The van der Waals surface area contributed by atoms with Gasteiger partial charge in [-0.3, -0.25) is 4.79 Å². The Hall–Kier alpha value is -1.18. The lowest BCUT2D eigenvalue weighted by molar-refractivity contribution is -0.124. The maximum absolute atomic E-state index is 13.0. The third kappa shape index (κ3) is 5.23. The number of benzene rings is 1. The summed E-state index contributed by atoms with van der Waals surface area (Å²) in [5.74, 6) is 1.10. The molecule has 1 aromatic rings. The van der Waals surface area contributed by atoms with E-state index in [9.17, 15) is 9.18 Å². The summed E-state index contributed by atoms with van der Waals surface area (Å²) >= 11 is 0. The maximum atomic E-state index is 13.0. The Balaban J connectivity index is 1.70. The monoisotopic (exact) mass is 304 g/mol. The molecule has 0 unspecified atom stereocenters. The number of carbonyl (C=O) groups is 1. The first-order valence-electron chi connectivity index (χ1n) is 8.99. The zero-order chi connectivity index (χ0) is 15.8. The minimum Gasteiger partial charge on any atom is -0.299 e. The van der Waals surface area contributed by atoms with Gasteiger partial charge in [0.05, 0.1) is 0 Å². The molecule has 1 nitrogen and oxygen atoms in total. The molecule has 0 heterocycles. The van der Waals surface area contributed by atoms with Crippen LogP contribution in [-0.2, 0) is 4.79 Å². The molecule has 2 rings (SSSR count). The maximum Gasteiger partial charge on any atom is 0.135 e. The summed E-state index contributed by atoms with van der Waals surface area (Å²) < 4.78 is 13.0. The van der Waals surface area contributed by atoms with Crippen molar-refractivity contribution in [1.82, 2.24) is 0 Å². The van der Waals surface area contributed by atoms with Gasteiger partial charge in [-0.15, -0.1) is 0 Å². The van der Waals surface area contributed by atoms with Gasteiger partial charge in [0, 0.05) is 12.3 Å². The Morgan fingerprint density at radius 1 is 1.00 bits per heavy atom. The molecule has 1 aliphatic carbocycles. The minimum atomic E-state index is -0.171. The van der Waals surface area contributed by atoms with Gasteiger partial charge in [-0.25, -0.2) is 4.39 Å². The first-order chi connectivity index (χ1) is 10.7. The zero-order valence-corrected chi connectivity index (χ0v) is 13.8. The quantitative estimate of drug-likeness (QED) is 0.536. The average molecular weight is 304 g/mol. The molecule has 1 aromatic carbocycles. The van der Waals surface area contributed by atoms with Crippen LogP contribution in [0, 0.1) is 11.7 Å². The van der Waals surface area contributed by atoms with E-state index in [1.165, 1.54) is 31.2 Å². The van der Waals surface area contributed by atoms with E-state index in [1.807, 2.05) is 12.1 Å². The van der Waals surface area contributed by atoms with Crippen molar-refractivity contribution >= 4 is 5.78 Å². The number of hydrogen-bond donors (Lipinski definition) is 0. The predicted octanol–water partition coefficient (Wildman–Crippen LogP) is 6.03. The van der Waals surface area contributed by atoms with Gasteiger partial charge in [0.1, 0.15) is 11.6 Å². The van der Waals surface area contributed by atoms with Crippen LogP contribution in [0.1, 0.15) is 82.6 Å². The second kappa shape index (κ2) is 9.07. The fourth-order valence-electron chi connectivity index (χ4n) is 3.59. The normalized spacial score (nSPS) is 21.7. The Kier molecular flexibility index (Phi) is 7.08. The van der Waals surface area contributed by atoms with E-state index in [1.54, 1.807) is 12.1 Å². The predicted molar refractivity (Wildman–Crippen MR) is 89.5 cm³/mol. The number of Topliss-reactive ketones (excluding diaryl/α,β-unsaturated/α-hetero) is 1. The molecule has 0 atom stereocenters. The molecule has 22 heavy (non-hydrogen) atoms. The van der Waals surface area contributed by atoms with Crippen molar-refractivity contribution in [2.24, 2.45) is 5.92 Å². The average Bonchev–Trinajstić information content (AvgIpc) is 2.55. The van der Waals surface area contributed by atoms with Crippen molar-refractivity contribution in [3.8, 4) is 0 Å². The first-order valence-corrected chi connectivity index (χ1v) is 8.99. The van der Waals surface area contributed by atoms with Gasteiger partial charge in [-0.2, -0.15) is 0 Å². The van der Waals surface area contributed by atoms with Crippen molar-refractivity contribution in [3.05, 3.63) is 35.6 Å². The van der Waals surface area contributed by atoms with Gasteiger partial charge < -0.3 is 0 Å². The highest BCUT2D eigenvalue weighted by molar-refractivity contribution is 5.81. The Labute approximate surface area is 134 Å². The summed E-state index contributed by atoms with van der Waals surface area (Å²) in [6.45, 7) is 2.21. The molecular weight excluding hydrogens is 275 g/mol. The van der Waals surface area contributed by atoms with Crippen LogP contribution < -0.4 is 0 Å². The summed E-state index contributed by atoms with van der Waals surface area (Å²) in [7, 11) is 0. The topological polar surface area (TPSA) is 17.1 Å². The van der Waals surface area contributed by atoms with Crippen molar-refractivity contribution in [2.75, 3.05) is 0 Å². The molecule has 0 amide bonds. The molecule has 0 radical (unpaired) electrons. The van der Waals surface area contributed by atoms with Crippen LogP contribution in [0.2, 0.25) is 0 Å². The van der Waals surface area contributed by atoms with Crippen LogP contribution in [0.25, 0.3) is 0 Å². The van der Waals surface area contributed by atoms with Gasteiger partial charge in [0.2, 0.25) is 0 Å². The molecule has 122 valence electrons. The van der Waals surface area contributed by atoms with Gasteiger partial charge in [0.15, 0.2) is 0 Å². The highest BCUT2D eigenvalue weighted by Crippen LogP contribution is 2.36. The van der Waals surface area contributed by atoms with Crippen molar-refractivity contribution in [3.63, 3.8) is 0 Å². The van der Waals surface area contributed by atoms with Crippen LogP contribution in [0.15, 0.2) is 24.3 Å². The SMILES string of the molecule is CCCCCCCC(=O)[C@H]1CC[C@H](c2ccc(F)cc2)CC1. The van der Waals surface area contributed by atoms with Crippen molar-refractivity contribution in [2.45, 2.75) is 77.0 Å². The minimum absolute atomic E-state index is 0.171. The highest BCUT2D eigenvalue weighted by Gasteiger charge is 2.26. The van der Waals surface area contributed by atoms with Crippen LogP contribution >= 0.6 is 0 Å². The summed E-state index contributed by atoms with van der Waals surface area (Å²) in [6, 6.07) is 6.89. The molecular formula is C20H29FO.